The molecule has 0 atom stereocenters. The Morgan fingerprint density at radius 3 is 2.42 bits per heavy atom. The van der Waals surface area contributed by atoms with E-state index in [4.69, 9.17) is 5.73 Å². The number of nitrogens with two attached hydrogens (primary N) is 1. The van der Waals surface area contributed by atoms with Crippen LogP contribution in [-0.2, 0) is 14.3 Å². The maximum atomic E-state index is 11.8. The minimum absolute atomic E-state index is 0. The van der Waals surface area contributed by atoms with E-state index in [1.54, 1.807) is 0 Å². The third-order valence-corrected chi connectivity index (χ3v) is 3.52. The summed E-state index contributed by atoms with van der Waals surface area (Å²) in [7, 11) is 1.39. The lowest BCUT2D eigenvalue weighted by molar-refractivity contribution is -0.140. The van der Waals surface area contributed by atoms with Crippen LogP contribution in [-0.4, -0.2) is 31.1 Å². The molecule has 0 aromatic carbocycles. The van der Waals surface area contributed by atoms with Gasteiger partial charge >= 0.3 is 5.97 Å². The van der Waals surface area contributed by atoms with Crippen LogP contribution in [0.15, 0.2) is 0 Å². The van der Waals surface area contributed by atoms with Crippen LogP contribution in [0.4, 0.5) is 0 Å². The van der Waals surface area contributed by atoms with E-state index in [9.17, 15) is 9.59 Å². The Kier molecular flexibility index (Phi) is 8.76. The first kappa shape index (κ1) is 18.2. The molecule has 1 fully saturated rings. The summed E-state index contributed by atoms with van der Waals surface area (Å²) in [6.07, 6.45) is 6.71. The monoisotopic (exact) mass is 292 g/mol. The highest BCUT2D eigenvalue weighted by atomic mass is 35.5. The Bertz CT molecular complexity index is 292. The van der Waals surface area contributed by atoms with Gasteiger partial charge in [-0.3, -0.25) is 9.59 Å². The van der Waals surface area contributed by atoms with Crippen LogP contribution >= 0.6 is 12.4 Å². The van der Waals surface area contributed by atoms with Crippen molar-refractivity contribution >= 4 is 24.3 Å². The lowest BCUT2D eigenvalue weighted by Crippen LogP contribution is -2.52. The molecule has 3 N–H and O–H groups in total. The lowest BCUT2D eigenvalue weighted by atomic mass is 9.98. The average molecular weight is 293 g/mol. The molecule has 0 aliphatic heterocycles. The predicted molar refractivity (Wildman–Crippen MR) is 76.1 cm³/mol. The van der Waals surface area contributed by atoms with Crippen molar-refractivity contribution in [2.24, 2.45) is 5.73 Å². The number of hydrogen-bond acceptors (Lipinski definition) is 4. The maximum absolute atomic E-state index is 11.8. The molecule has 19 heavy (non-hydrogen) atoms. The summed E-state index contributed by atoms with van der Waals surface area (Å²) >= 11 is 0. The highest BCUT2D eigenvalue weighted by Gasteiger charge is 2.36. The highest BCUT2D eigenvalue weighted by Crippen LogP contribution is 2.27. The molecule has 1 amide bonds. The minimum Gasteiger partial charge on any atom is -0.469 e. The number of halogens is 1. The van der Waals surface area contributed by atoms with Crippen LogP contribution in [0.3, 0.4) is 0 Å². The smallest absolute Gasteiger partial charge is 0.305 e. The second kappa shape index (κ2) is 9.15. The minimum atomic E-state index is -0.633. The van der Waals surface area contributed by atoms with E-state index in [0.29, 0.717) is 13.0 Å². The van der Waals surface area contributed by atoms with Gasteiger partial charge in [-0.05, 0) is 25.7 Å². The van der Waals surface area contributed by atoms with Crippen molar-refractivity contribution in [2.75, 3.05) is 13.7 Å². The van der Waals surface area contributed by atoms with Crippen molar-refractivity contribution in [1.82, 2.24) is 5.32 Å². The van der Waals surface area contributed by atoms with E-state index in [1.165, 1.54) is 7.11 Å². The number of amides is 1. The molecule has 1 rings (SSSR count). The van der Waals surface area contributed by atoms with Crippen molar-refractivity contribution in [1.29, 1.82) is 0 Å². The van der Waals surface area contributed by atoms with E-state index in [1.807, 2.05) is 0 Å². The van der Waals surface area contributed by atoms with Crippen LogP contribution in [0.5, 0.6) is 0 Å². The third kappa shape index (κ3) is 6.25. The highest BCUT2D eigenvalue weighted by molar-refractivity contribution is 5.86. The lowest BCUT2D eigenvalue weighted by Gasteiger charge is -2.22. The number of esters is 1. The van der Waals surface area contributed by atoms with Crippen LogP contribution in [0.2, 0.25) is 0 Å². The number of methoxy groups -OCH3 is 1. The second-order valence-corrected chi connectivity index (χ2v) is 5.01. The van der Waals surface area contributed by atoms with E-state index in [0.717, 1.165) is 44.9 Å². The van der Waals surface area contributed by atoms with Crippen LogP contribution in [0.1, 0.15) is 51.4 Å². The number of carbonyl (C=O) groups excluding carboxylic acids is 2. The van der Waals surface area contributed by atoms with Gasteiger partial charge in [-0.15, -0.1) is 12.4 Å². The van der Waals surface area contributed by atoms with E-state index in [-0.39, 0.29) is 24.3 Å². The molecule has 1 aliphatic carbocycles. The molecule has 0 aromatic heterocycles. The Balaban J connectivity index is 0.00000324. The summed E-state index contributed by atoms with van der Waals surface area (Å²) in [5.41, 5.74) is 5.40. The topological polar surface area (TPSA) is 81.4 Å². The fourth-order valence-electron chi connectivity index (χ4n) is 2.28. The van der Waals surface area contributed by atoms with Crippen LogP contribution < -0.4 is 11.1 Å². The molecule has 0 radical (unpaired) electrons. The fraction of sp³-hybridized carbons (Fsp3) is 0.846. The molecule has 6 heteroatoms. The Hall–Kier alpha value is -0.810. The first-order valence-electron chi connectivity index (χ1n) is 6.72. The van der Waals surface area contributed by atoms with Gasteiger partial charge in [0, 0.05) is 13.0 Å². The summed E-state index contributed by atoms with van der Waals surface area (Å²) < 4.78 is 4.55. The number of ether oxygens (including phenoxy) is 1. The van der Waals surface area contributed by atoms with Gasteiger partial charge in [-0.1, -0.05) is 19.3 Å². The number of unbranched alkanes of at least 4 members (excludes halogenated alkanes) is 2. The fourth-order valence-corrected chi connectivity index (χ4v) is 2.28. The zero-order chi connectivity index (χ0) is 13.4. The number of nitrogens with one attached hydrogen (secondary N) is 1. The predicted octanol–water partition coefficient (Wildman–Crippen LogP) is 1.53. The van der Waals surface area contributed by atoms with Gasteiger partial charge in [0.2, 0.25) is 5.91 Å². The molecule has 0 aromatic rings. The molecule has 0 spiro atoms. The SMILES string of the molecule is COC(=O)CCCCCNC(=O)C1(N)CCCC1.Cl. The van der Waals surface area contributed by atoms with Gasteiger partial charge in [-0.25, -0.2) is 0 Å². The van der Waals surface area contributed by atoms with E-state index >= 15 is 0 Å². The average Bonchev–Trinajstić information content (AvgIpc) is 2.81. The molecule has 112 valence electrons. The van der Waals surface area contributed by atoms with Gasteiger partial charge in [0.15, 0.2) is 0 Å². The van der Waals surface area contributed by atoms with Crippen molar-refractivity contribution in [3.8, 4) is 0 Å². The summed E-state index contributed by atoms with van der Waals surface area (Å²) in [5, 5.41) is 2.89. The molecular weight excluding hydrogens is 268 g/mol. The Labute approximate surface area is 121 Å². The van der Waals surface area contributed by atoms with Gasteiger partial charge < -0.3 is 15.8 Å². The van der Waals surface area contributed by atoms with Gasteiger partial charge in [0.1, 0.15) is 0 Å². The zero-order valence-corrected chi connectivity index (χ0v) is 12.4. The normalized spacial score (nSPS) is 16.5. The molecule has 1 saturated carbocycles. The molecule has 1 aliphatic rings. The third-order valence-electron chi connectivity index (χ3n) is 3.52. The van der Waals surface area contributed by atoms with Gasteiger partial charge in [0.25, 0.3) is 0 Å². The molecule has 0 bridgehead atoms. The Morgan fingerprint density at radius 1 is 1.21 bits per heavy atom. The maximum Gasteiger partial charge on any atom is 0.305 e. The van der Waals surface area contributed by atoms with Gasteiger partial charge in [-0.2, -0.15) is 0 Å². The quantitative estimate of drug-likeness (QED) is 0.551. The number of hydrogen-bond donors (Lipinski definition) is 2. The van der Waals surface area contributed by atoms with Crippen molar-refractivity contribution in [3.05, 3.63) is 0 Å². The van der Waals surface area contributed by atoms with Crippen molar-refractivity contribution < 1.29 is 14.3 Å². The molecular formula is C13H25ClN2O3. The standard InChI is InChI=1S/C13H24N2O3.ClH/c1-18-11(16)7-3-2-6-10-15-12(17)13(14)8-4-5-9-13;/h2-10,14H2,1H3,(H,15,17);1H. The molecule has 0 heterocycles. The number of rotatable bonds is 7. The first-order valence-corrected chi connectivity index (χ1v) is 6.72. The van der Waals surface area contributed by atoms with Crippen LogP contribution in [0.25, 0.3) is 0 Å². The van der Waals surface area contributed by atoms with Crippen LogP contribution in [0, 0.1) is 0 Å². The summed E-state index contributed by atoms with van der Waals surface area (Å²) in [6.45, 7) is 0.638. The van der Waals surface area contributed by atoms with Crippen molar-refractivity contribution in [3.63, 3.8) is 0 Å². The molecule has 0 unspecified atom stereocenters. The first-order chi connectivity index (χ1) is 8.58. The molecule has 5 nitrogen and oxygen atoms in total. The summed E-state index contributed by atoms with van der Waals surface area (Å²) in [4.78, 5) is 22.7. The summed E-state index contributed by atoms with van der Waals surface area (Å²) in [6, 6.07) is 0. The zero-order valence-electron chi connectivity index (χ0n) is 11.6. The second-order valence-electron chi connectivity index (χ2n) is 5.01. The van der Waals surface area contributed by atoms with Crippen molar-refractivity contribution in [2.45, 2.75) is 56.9 Å². The molecule has 0 saturated heterocycles. The van der Waals surface area contributed by atoms with E-state index in [2.05, 4.69) is 10.1 Å². The number of carbonyl (C=O) groups is 2. The Morgan fingerprint density at radius 2 is 1.84 bits per heavy atom. The van der Waals surface area contributed by atoms with E-state index < -0.39 is 5.54 Å². The summed E-state index contributed by atoms with van der Waals surface area (Å²) in [5.74, 6) is -0.195. The largest absolute Gasteiger partial charge is 0.469 e. The van der Waals surface area contributed by atoms with Gasteiger partial charge in [0.05, 0.1) is 12.6 Å².